The molecule has 0 bridgehead atoms. The van der Waals surface area contributed by atoms with Gasteiger partial charge in [-0.25, -0.2) is 0 Å². The third-order valence-electron chi connectivity index (χ3n) is 3.02. The Morgan fingerprint density at radius 3 is 2.60 bits per heavy atom. The molecular formula is C12H21NO2. The zero-order chi connectivity index (χ0) is 11.3. The van der Waals surface area contributed by atoms with Crippen molar-refractivity contribution in [1.82, 2.24) is 5.32 Å². The maximum Gasteiger partial charge on any atom is 0.249 e. The van der Waals surface area contributed by atoms with E-state index in [1.807, 2.05) is 6.92 Å². The summed E-state index contributed by atoms with van der Waals surface area (Å²) in [5, 5.41) is 12.4. The average molecular weight is 211 g/mol. The smallest absolute Gasteiger partial charge is 0.249 e. The molecule has 0 aromatic carbocycles. The van der Waals surface area contributed by atoms with E-state index in [2.05, 4.69) is 11.9 Å². The standard InChI is InChI=1S/C12H21NO2/c1-3-11(14)9(2)12(15)13-10-7-5-4-6-8-10/h10-11,14H,2-8H2,1H3,(H,13,15). The van der Waals surface area contributed by atoms with E-state index in [9.17, 15) is 9.90 Å². The molecular weight excluding hydrogens is 190 g/mol. The van der Waals surface area contributed by atoms with Gasteiger partial charge in [0.25, 0.3) is 0 Å². The molecule has 1 aliphatic carbocycles. The number of nitrogens with one attached hydrogen (secondary N) is 1. The van der Waals surface area contributed by atoms with Crippen molar-refractivity contribution in [2.45, 2.75) is 57.6 Å². The Kier molecular flexibility index (Phi) is 4.82. The molecule has 1 atom stereocenters. The lowest BCUT2D eigenvalue weighted by Crippen LogP contribution is -2.38. The summed E-state index contributed by atoms with van der Waals surface area (Å²) in [6, 6.07) is 0.284. The molecule has 1 saturated carbocycles. The zero-order valence-electron chi connectivity index (χ0n) is 9.46. The quantitative estimate of drug-likeness (QED) is 0.696. The summed E-state index contributed by atoms with van der Waals surface area (Å²) in [5.41, 5.74) is 0.295. The second-order valence-electron chi connectivity index (χ2n) is 4.26. The van der Waals surface area contributed by atoms with Gasteiger partial charge in [0.1, 0.15) is 0 Å². The summed E-state index contributed by atoms with van der Waals surface area (Å²) in [5.74, 6) is -0.184. The van der Waals surface area contributed by atoms with Gasteiger partial charge < -0.3 is 10.4 Å². The van der Waals surface area contributed by atoms with Crippen LogP contribution in [0.1, 0.15) is 45.4 Å². The molecule has 0 spiro atoms. The molecule has 1 fully saturated rings. The van der Waals surface area contributed by atoms with E-state index < -0.39 is 6.10 Å². The van der Waals surface area contributed by atoms with Crippen molar-refractivity contribution in [2.24, 2.45) is 0 Å². The van der Waals surface area contributed by atoms with E-state index in [0.29, 0.717) is 12.0 Å². The molecule has 1 aliphatic rings. The van der Waals surface area contributed by atoms with Crippen molar-refractivity contribution < 1.29 is 9.90 Å². The minimum Gasteiger partial charge on any atom is -0.388 e. The lowest BCUT2D eigenvalue weighted by atomic mass is 9.95. The fraction of sp³-hybridized carbons (Fsp3) is 0.750. The third kappa shape index (κ3) is 3.67. The molecule has 2 N–H and O–H groups in total. The lowest BCUT2D eigenvalue weighted by Gasteiger charge is -2.23. The normalized spacial score (nSPS) is 19.6. The SMILES string of the molecule is C=C(C(=O)NC1CCCCC1)C(O)CC. The van der Waals surface area contributed by atoms with E-state index in [1.54, 1.807) is 0 Å². The van der Waals surface area contributed by atoms with E-state index in [-0.39, 0.29) is 11.9 Å². The van der Waals surface area contributed by atoms with Crippen molar-refractivity contribution in [3.8, 4) is 0 Å². The zero-order valence-corrected chi connectivity index (χ0v) is 9.46. The van der Waals surface area contributed by atoms with Gasteiger partial charge in [0, 0.05) is 11.6 Å². The van der Waals surface area contributed by atoms with Gasteiger partial charge in [-0.3, -0.25) is 4.79 Å². The maximum atomic E-state index is 11.6. The first-order valence-electron chi connectivity index (χ1n) is 5.83. The van der Waals surface area contributed by atoms with Crippen molar-refractivity contribution in [2.75, 3.05) is 0 Å². The summed E-state index contributed by atoms with van der Waals surface area (Å²) in [6.07, 6.45) is 5.60. The minimum absolute atomic E-state index is 0.184. The van der Waals surface area contributed by atoms with Crippen LogP contribution in [0.4, 0.5) is 0 Å². The Morgan fingerprint density at radius 2 is 2.07 bits per heavy atom. The summed E-state index contributed by atoms with van der Waals surface area (Å²) in [4.78, 5) is 11.6. The highest BCUT2D eigenvalue weighted by Crippen LogP contribution is 2.18. The Labute approximate surface area is 91.6 Å². The highest BCUT2D eigenvalue weighted by atomic mass is 16.3. The minimum atomic E-state index is -0.700. The summed E-state index contributed by atoms with van der Waals surface area (Å²) < 4.78 is 0. The van der Waals surface area contributed by atoms with E-state index in [1.165, 1.54) is 19.3 Å². The van der Waals surface area contributed by atoms with Crippen LogP contribution in [0.5, 0.6) is 0 Å². The first-order chi connectivity index (χ1) is 7.15. The van der Waals surface area contributed by atoms with E-state index in [0.717, 1.165) is 12.8 Å². The number of aliphatic hydroxyl groups is 1. The van der Waals surface area contributed by atoms with Gasteiger partial charge in [0.05, 0.1) is 6.10 Å². The van der Waals surface area contributed by atoms with Gasteiger partial charge in [-0.05, 0) is 19.3 Å². The fourth-order valence-electron chi connectivity index (χ4n) is 1.92. The second kappa shape index (κ2) is 5.91. The van der Waals surface area contributed by atoms with Gasteiger partial charge in [-0.1, -0.05) is 32.8 Å². The van der Waals surface area contributed by atoms with Crippen LogP contribution in [0.25, 0.3) is 0 Å². The van der Waals surface area contributed by atoms with Crippen LogP contribution in [0.15, 0.2) is 12.2 Å². The topological polar surface area (TPSA) is 49.3 Å². The number of aliphatic hydroxyl groups excluding tert-OH is 1. The van der Waals surface area contributed by atoms with Crippen LogP contribution >= 0.6 is 0 Å². The highest BCUT2D eigenvalue weighted by molar-refractivity contribution is 5.93. The van der Waals surface area contributed by atoms with Crippen LogP contribution in [0.2, 0.25) is 0 Å². The summed E-state index contributed by atoms with van der Waals surface area (Å²) in [7, 11) is 0. The average Bonchev–Trinajstić information content (AvgIpc) is 2.28. The van der Waals surface area contributed by atoms with Crippen molar-refractivity contribution in [3.63, 3.8) is 0 Å². The largest absolute Gasteiger partial charge is 0.388 e. The molecule has 3 heteroatoms. The van der Waals surface area contributed by atoms with Gasteiger partial charge in [0.15, 0.2) is 0 Å². The number of carbonyl (C=O) groups is 1. The molecule has 1 unspecified atom stereocenters. The van der Waals surface area contributed by atoms with E-state index in [4.69, 9.17) is 0 Å². The molecule has 0 saturated heterocycles. The van der Waals surface area contributed by atoms with Crippen molar-refractivity contribution >= 4 is 5.91 Å². The van der Waals surface area contributed by atoms with Gasteiger partial charge in [-0.15, -0.1) is 0 Å². The number of hydrogen-bond donors (Lipinski definition) is 2. The van der Waals surface area contributed by atoms with E-state index >= 15 is 0 Å². The molecule has 86 valence electrons. The summed E-state index contributed by atoms with van der Waals surface area (Å²) >= 11 is 0. The molecule has 1 amide bonds. The Bertz CT molecular complexity index is 232. The van der Waals surface area contributed by atoms with Crippen LogP contribution < -0.4 is 5.32 Å². The molecule has 0 aromatic heterocycles. The molecule has 15 heavy (non-hydrogen) atoms. The maximum absolute atomic E-state index is 11.6. The monoisotopic (exact) mass is 211 g/mol. The molecule has 0 radical (unpaired) electrons. The van der Waals surface area contributed by atoms with Gasteiger partial charge in [0.2, 0.25) is 5.91 Å². The van der Waals surface area contributed by atoms with Crippen LogP contribution in [-0.2, 0) is 4.79 Å². The Morgan fingerprint density at radius 1 is 1.47 bits per heavy atom. The summed E-state index contributed by atoms with van der Waals surface area (Å²) in [6.45, 7) is 5.47. The molecule has 0 aliphatic heterocycles. The van der Waals surface area contributed by atoms with Crippen LogP contribution in [0.3, 0.4) is 0 Å². The van der Waals surface area contributed by atoms with Crippen LogP contribution in [0, 0.1) is 0 Å². The third-order valence-corrected chi connectivity index (χ3v) is 3.02. The molecule has 3 nitrogen and oxygen atoms in total. The fourth-order valence-corrected chi connectivity index (χ4v) is 1.92. The lowest BCUT2D eigenvalue weighted by molar-refractivity contribution is -0.119. The van der Waals surface area contributed by atoms with Crippen molar-refractivity contribution in [1.29, 1.82) is 0 Å². The highest BCUT2D eigenvalue weighted by Gasteiger charge is 2.19. The first-order valence-corrected chi connectivity index (χ1v) is 5.83. The number of rotatable bonds is 4. The first kappa shape index (κ1) is 12.2. The Hall–Kier alpha value is -0.830. The molecule has 0 heterocycles. The Balaban J connectivity index is 2.36. The van der Waals surface area contributed by atoms with Gasteiger partial charge >= 0.3 is 0 Å². The number of carbonyl (C=O) groups excluding carboxylic acids is 1. The predicted octanol–water partition coefficient (Wildman–Crippen LogP) is 1.76. The predicted molar refractivity (Wildman–Crippen MR) is 60.5 cm³/mol. The van der Waals surface area contributed by atoms with Crippen molar-refractivity contribution in [3.05, 3.63) is 12.2 Å². The molecule has 1 rings (SSSR count). The molecule has 0 aromatic rings. The number of amides is 1. The number of hydrogen-bond acceptors (Lipinski definition) is 2. The van der Waals surface area contributed by atoms with Gasteiger partial charge in [-0.2, -0.15) is 0 Å². The second-order valence-corrected chi connectivity index (χ2v) is 4.26. The van der Waals surface area contributed by atoms with Crippen LogP contribution in [-0.4, -0.2) is 23.2 Å².